The Bertz CT molecular complexity index is 353. The first kappa shape index (κ1) is 12.6. The summed E-state index contributed by atoms with van der Waals surface area (Å²) >= 11 is 0. The number of hydrogen-bond donors (Lipinski definition) is 1. The van der Waals surface area contributed by atoms with Gasteiger partial charge in [0.1, 0.15) is 0 Å². The molecule has 96 valence electrons. The number of rotatable bonds is 6. The molecule has 1 aliphatic carbocycles. The van der Waals surface area contributed by atoms with E-state index in [9.17, 15) is 5.11 Å². The molecule has 0 radical (unpaired) electrons. The highest BCUT2D eigenvalue weighted by Gasteiger charge is 2.38. The SMILES string of the molecule is CCn1cc(CC(O)CC2(OC)CCC2)cn1. The Morgan fingerprint density at radius 1 is 1.59 bits per heavy atom. The Morgan fingerprint density at radius 3 is 2.82 bits per heavy atom. The van der Waals surface area contributed by atoms with Gasteiger partial charge in [0.25, 0.3) is 0 Å². The second kappa shape index (κ2) is 5.19. The van der Waals surface area contributed by atoms with Crippen molar-refractivity contribution in [2.24, 2.45) is 0 Å². The topological polar surface area (TPSA) is 47.3 Å². The molecule has 1 aromatic rings. The zero-order valence-corrected chi connectivity index (χ0v) is 10.7. The van der Waals surface area contributed by atoms with Crippen LogP contribution < -0.4 is 0 Å². The Labute approximate surface area is 103 Å². The highest BCUT2D eigenvalue weighted by atomic mass is 16.5. The Morgan fingerprint density at radius 2 is 2.35 bits per heavy atom. The summed E-state index contributed by atoms with van der Waals surface area (Å²) < 4.78 is 7.41. The normalized spacial score (nSPS) is 19.9. The van der Waals surface area contributed by atoms with Crippen LogP contribution in [0, 0.1) is 0 Å². The first-order chi connectivity index (χ1) is 8.17. The monoisotopic (exact) mass is 238 g/mol. The Hall–Kier alpha value is -0.870. The minimum absolute atomic E-state index is 0.0554. The molecule has 4 heteroatoms. The third-order valence-corrected chi connectivity index (χ3v) is 3.79. The summed E-state index contributed by atoms with van der Waals surface area (Å²) in [5.41, 5.74) is 1.05. The van der Waals surface area contributed by atoms with Crippen LogP contribution in [0.1, 0.15) is 38.2 Å². The molecule has 0 aliphatic heterocycles. The van der Waals surface area contributed by atoms with E-state index < -0.39 is 0 Å². The van der Waals surface area contributed by atoms with Gasteiger partial charge in [0.15, 0.2) is 0 Å². The number of aromatic nitrogens is 2. The van der Waals surface area contributed by atoms with Crippen molar-refractivity contribution in [1.29, 1.82) is 0 Å². The van der Waals surface area contributed by atoms with E-state index in [0.717, 1.165) is 31.4 Å². The quantitative estimate of drug-likeness (QED) is 0.821. The number of aliphatic hydroxyl groups is 1. The van der Waals surface area contributed by atoms with Crippen molar-refractivity contribution in [2.45, 2.75) is 57.3 Å². The molecule has 1 aliphatic rings. The van der Waals surface area contributed by atoms with Gasteiger partial charge in [0, 0.05) is 32.7 Å². The van der Waals surface area contributed by atoms with E-state index in [2.05, 4.69) is 12.0 Å². The molecule has 1 saturated carbocycles. The standard InChI is InChI=1S/C13H22N2O2/c1-3-15-10-11(9-14-15)7-12(16)8-13(17-2)5-4-6-13/h9-10,12,16H,3-8H2,1-2H3. The predicted octanol–water partition coefficient (Wildman–Crippen LogP) is 1.77. The molecule has 17 heavy (non-hydrogen) atoms. The van der Waals surface area contributed by atoms with Gasteiger partial charge in [-0.05, 0) is 31.7 Å². The predicted molar refractivity (Wildman–Crippen MR) is 65.8 cm³/mol. The maximum Gasteiger partial charge on any atom is 0.0703 e. The zero-order valence-electron chi connectivity index (χ0n) is 10.7. The van der Waals surface area contributed by atoms with Crippen molar-refractivity contribution >= 4 is 0 Å². The molecule has 0 bridgehead atoms. The molecule has 1 fully saturated rings. The average Bonchev–Trinajstić information content (AvgIpc) is 2.71. The van der Waals surface area contributed by atoms with Crippen LogP contribution in [0.15, 0.2) is 12.4 Å². The number of aliphatic hydroxyl groups excluding tert-OH is 1. The van der Waals surface area contributed by atoms with Gasteiger partial charge in [-0.1, -0.05) is 0 Å². The van der Waals surface area contributed by atoms with Gasteiger partial charge in [-0.15, -0.1) is 0 Å². The van der Waals surface area contributed by atoms with E-state index in [4.69, 9.17) is 4.74 Å². The molecule has 1 heterocycles. The van der Waals surface area contributed by atoms with Gasteiger partial charge in [-0.3, -0.25) is 4.68 Å². The minimum Gasteiger partial charge on any atom is -0.393 e. The van der Waals surface area contributed by atoms with E-state index in [1.54, 1.807) is 7.11 Å². The largest absolute Gasteiger partial charge is 0.393 e. The van der Waals surface area contributed by atoms with Crippen LogP contribution in [-0.2, 0) is 17.7 Å². The maximum absolute atomic E-state index is 10.1. The maximum atomic E-state index is 10.1. The van der Waals surface area contributed by atoms with Crippen LogP contribution in [0.25, 0.3) is 0 Å². The molecule has 0 aromatic carbocycles. The lowest BCUT2D eigenvalue weighted by molar-refractivity contribution is -0.0989. The molecule has 1 aromatic heterocycles. The second-order valence-corrected chi connectivity index (χ2v) is 5.01. The van der Waals surface area contributed by atoms with Crippen molar-refractivity contribution in [3.8, 4) is 0 Å². The van der Waals surface area contributed by atoms with Crippen molar-refractivity contribution in [3.05, 3.63) is 18.0 Å². The summed E-state index contributed by atoms with van der Waals surface area (Å²) in [6.07, 6.45) is 8.30. The van der Waals surface area contributed by atoms with Gasteiger partial charge < -0.3 is 9.84 Å². The van der Waals surface area contributed by atoms with Gasteiger partial charge in [0.2, 0.25) is 0 Å². The minimum atomic E-state index is -0.329. The van der Waals surface area contributed by atoms with Crippen LogP contribution in [0.2, 0.25) is 0 Å². The Balaban J connectivity index is 1.86. The third-order valence-electron chi connectivity index (χ3n) is 3.79. The fourth-order valence-electron chi connectivity index (χ4n) is 2.52. The van der Waals surface area contributed by atoms with Crippen LogP contribution in [0.5, 0.6) is 0 Å². The molecule has 0 spiro atoms. The number of hydrogen-bond acceptors (Lipinski definition) is 3. The fourth-order valence-corrected chi connectivity index (χ4v) is 2.52. The number of methoxy groups -OCH3 is 1. The van der Waals surface area contributed by atoms with Gasteiger partial charge >= 0.3 is 0 Å². The fraction of sp³-hybridized carbons (Fsp3) is 0.769. The summed E-state index contributed by atoms with van der Waals surface area (Å²) in [4.78, 5) is 0. The van der Waals surface area contributed by atoms with Gasteiger partial charge in [-0.25, -0.2) is 0 Å². The van der Waals surface area contributed by atoms with E-state index in [1.807, 2.05) is 17.1 Å². The second-order valence-electron chi connectivity index (χ2n) is 5.01. The number of ether oxygens (including phenoxy) is 1. The average molecular weight is 238 g/mol. The number of nitrogens with zero attached hydrogens (tertiary/aromatic N) is 2. The highest BCUT2D eigenvalue weighted by molar-refractivity contribution is 5.06. The summed E-state index contributed by atoms with van der Waals surface area (Å²) in [5.74, 6) is 0. The molecule has 1 unspecified atom stereocenters. The first-order valence-corrected chi connectivity index (χ1v) is 6.42. The van der Waals surface area contributed by atoms with Crippen LogP contribution in [0.3, 0.4) is 0 Å². The van der Waals surface area contributed by atoms with Crippen molar-refractivity contribution < 1.29 is 9.84 Å². The summed E-state index contributed by atoms with van der Waals surface area (Å²) in [7, 11) is 1.75. The Kier molecular flexibility index (Phi) is 3.84. The first-order valence-electron chi connectivity index (χ1n) is 6.42. The van der Waals surface area contributed by atoms with Crippen molar-refractivity contribution in [2.75, 3.05) is 7.11 Å². The molecule has 0 saturated heterocycles. The van der Waals surface area contributed by atoms with E-state index in [-0.39, 0.29) is 11.7 Å². The molecular formula is C13H22N2O2. The summed E-state index contributed by atoms with van der Waals surface area (Å²) in [6.45, 7) is 2.93. The smallest absolute Gasteiger partial charge is 0.0703 e. The lowest BCUT2D eigenvalue weighted by Gasteiger charge is -2.41. The lowest BCUT2D eigenvalue weighted by atomic mass is 9.75. The summed E-state index contributed by atoms with van der Waals surface area (Å²) in [5, 5.41) is 14.3. The molecule has 2 rings (SSSR count). The van der Waals surface area contributed by atoms with Crippen LogP contribution in [-0.4, -0.2) is 33.7 Å². The van der Waals surface area contributed by atoms with E-state index in [0.29, 0.717) is 6.42 Å². The van der Waals surface area contributed by atoms with Crippen molar-refractivity contribution in [3.63, 3.8) is 0 Å². The highest BCUT2D eigenvalue weighted by Crippen LogP contribution is 2.39. The molecule has 4 nitrogen and oxygen atoms in total. The molecule has 1 atom stereocenters. The zero-order chi connectivity index (χ0) is 12.3. The van der Waals surface area contributed by atoms with E-state index >= 15 is 0 Å². The van der Waals surface area contributed by atoms with E-state index in [1.165, 1.54) is 6.42 Å². The lowest BCUT2D eigenvalue weighted by Crippen LogP contribution is -2.42. The van der Waals surface area contributed by atoms with Crippen LogP contribution >= 0.6 is 0 Å². The van der Waals surface area contributed by atoms with Gasteiger partial charge in [-0.2, -0.15) is 5.10 Å². The van der Waals surface area contributed by atoms with Crippen molar-refractivity contribution in [1.82, 2.24) is 9.78 Å². The third kappa shape index (κ3) is 2.87. The molecule has 1 N–H and O–H groups in total. The van der Waals surface area contributed by atoms with Crippen LogP contribution in [0.4, 0.5) is 0 Å². The van der Waals surface area contributed by atoms with Gasteiger partial charge in [0.05, 0.1) is 17.9 Å². The molecular weight excluding hydrogens is 216 g/mol. The molecule has 0 amide bonds. The number of aryl methyl sites for hydroxylation is 1. The summed E-state index contributed by atoms with van der Waals surface area (Å²) in [6, 6.07) is 0.